The van der Waals surface area contributed by atoms with Crippen LogP contribution in [-0.2, 0) is 11.3 Å². The van der Waals surface area contributed by atoms with Crippen molar-refractivity contribution in [2.75, 3.05) is 13.7 Å². The molecule has 0 unspecified atom stereocenters. The van der Waals surface area contributed by atoms with Gasteiger partial charge in [-0.25, -0.2) is 4.79 Å². The van der Waals surface area contributed by atoms with E-state index in [0.29, 0.717) is 6.54 Å². The monoisotopic (exact) mass is 184 g/mol. The fraction of sp³-hybridized carbons (Fsp3) is 0.571. The molecule has 6 nitrogen and oxygen atoms in total. The topological polar surface area (TPSA) is 69.0 Å². The van der Waals surface area contributed by atoms with Gasteiger partial charge in [0.2, 0.25) is 0 Å². The van der Waals surface area contributed by atoms with E-state index in [1.807, 2.05) is 0 Å². The molecule has 0 saturated carbocycles. The van der Waals surface area contributed by atoms with Gasteiger partial charge < -0.3 is 10.1 Å². The molecule has 1 aromatic heterocycles. The van der Waals surface area contributed by atoms with Gasteiger partial charge in [-0.2, -0.15) is 0 Å². The number of hydrogen-bond donors (Lipinski definition) is 1. The van der Waals surface area contributed by atoms with Crippen molar-refractivity contribution in [3.63, 3.8) is 0 Å². The summed E-state index contributed by atoms with van der Waals surface area (Å²) in [5.41, 5.74) is 0. The highest BCUT2D eigenvalue weighted by atomic mass is 16.5. The molecule has 1 rings (SSSR count). The third-order valence-corrected chi connectivity index (χ3v) is 1.49. The molecule has 1 aromatic rings. The van der Waals surface area contributed by atoms with E-state index in [1.165, 1.54) is 7.11 Å². The van der Waals surface area contributed by atoms with Crippen molar-refractivity contribution in [2.45, 2.75) is 13.0 Å². The Hall–Kier alpha value is -1.59. The van der Waals surface area contributed by atoms with E-state index in [0.717, 1.165) is 13.0 Å². The van der Waals surface area contributed by atoms with Crippen LogP contribution in [0.1, 0.15) is 6.42 Å². The SMILES string of the molecule is COC(=O)NCCCn1ccnn1. The van der Waals surface area contributed by atoms with Gasteiger partial charge in [-0.05, 0) is 6.42 Å². The first-order valence-electron chi connectivity index (χ1n) is 3.99. The van der Waals surface area contributed by atoms with E-state index >= 15 is 0 Å². The molecule has 0 aliphatic rings. The van der Waals surface area contributed by atoms with Crippen molar-refractivity contribution in [1.29, 1.82) is 0 Å². The van der Waals surface area contributed by atoms with Crippen molar-refractivity contribution in [3.05, 3.63) is 12.4 Å². The number of aryl methyl sites for hydroxylation is 1. The smallest absolute Gasteiger partial charge is 0.406 e. The van der Waals surface area contributed by atoms with E-state index in [-0.39, 0.29) is 0 Å². The molecule has 1 heterocycles. The van der Waals surface area contributed by atoms with E-state index in [9.17, 15) is 4.79 Å². The van der Waals surface area contributed by atoms with Crippen LogP contribution < -0.4 is 5.32 Å². The Morgan fingerprint density at radius 2 is 2.54 bits per heavy atom. The highest BCUT2D eigenvalue weighted by Crippen LogP contribution is 1.85. The van der Waals surface area contributed by atoms with Gasteiger partial charge in [0, 0.05) is 19.3 Å². The lowest BCUT2D eigenvalue weighted by Crippen LogP contribution is -2.24. The largest absolute Gasteiger partial charge is 0.453 e. The number of hydrogen-bond acceptors (Lipinski definition) is 4. The molecule has 0 bridgehead atoms. The number of nitrogens with one attached hydrogen (secondary N) is 1. The molecule has 6 heteroatoms. The van der Waals surface area contributed by atoms with Gasteiger partial charge in [0.15, 0.2) is 0 Å². The number of methoxy groups -OCH3 is 1. The third kappa shape index (κ3) is 3.55. The summed E-state index contributed by atoms with van der Waals surface area (Å²) in [6.07, 6.45) is 3.79. The number of alkyl carbamates (subject to hydrolysis) is 1. The van der Waals surface area contributed by atoms with E-state index in [1.54, 1.807) is 17.1 Å². The summed E-state index contributed by atoms with van der Waals surface area (Å²) in [6, 6.07) is 0. The van der Waals surface area contributed by atoms with Crippen molar-refractivity contribution < 1.29 is 9.53 Å². The molecule has 0 aliphatic heterocycles. The number of amides is 1. The van der Waals surface area contributed by atoms with Crippen LogP contribution in [-0.4, -0.2) is 34.7 Å². The fourth-order valence-electron chi connectivity index (χ4n) is 0.856. The molecule has 13 heavy (non-hydrogen) atoms. The fourth-order valence-corrected chi connectivity index (χ4v) is 0.856. The standard InChI is InChI=1S/C7H12N4O2/c1-13-7(12)8-3-2-5-11-6-4-9-10-11/h4,6H,2-3,5H2,1H3,(H,8,12). The summed E-state index contributed by atoms with van der Waals surface area (Å²) < 4.78 is 6.11. The minimum Gasteiger partial charge on any atom is -0.453 e. The Morgan fingerprint density at radius 1 is 1.69 bits per heavy atom. The van der Waals surface area contributed by atoms with Crippen LogP contribution in [0.2, 0.25) is 0 Å². The van der Waals surface area contributed by atoms with Crippen molar-refractivity contribution >= 4 is 6.09 Å². The van der Waals surface area contributed by atoms with Gasteiger partial charge in [-0.15, -0.1) is 5.10 Å². The summed E-state index contributed by atoms with van der Waals surface area (Å²) in [7, 11) is 1.34. The summed E-state index contributed by atoms with van der Waals surface area (Å²) in [5.74, 6) is 0. The Balaban J connectivity index is 2.05. The third-order valence-electron chi connectivity index (χ3n) is 1.49. The lowest BCUT2D eigenvalue weighted by Gasteiger charge is -2.02. The average Bonchev–Trinajstić information content (AvgIpc) is 2.64. The summed E-state index contributed by atoms with van der Waals surface area (Å²) in [4.78, 5) is 10.6. The molecule has 72 valence electrons. The van der Waals surface area contributed by atoms with E-state index < -0.39 is 6.09 Å². The van der Waals surface area contributed by atoms with Gasteiger partial charge in [-0.1, -0.05) is 5.21 Å². The minimum atomic E-state index is -0.404. The number of aromatic nitrogens is 3. The molecule has 0 spiro atoms. The predicted octanol–water partition coefficient (Wildman–Crippen LogP) is 0.0242. The first-order valence-corrected chi connectivity index (χ1v) is 3.99. The van der Waals surface area contributed by atoms with Crippen LogP contribution in [0.25, 0.3) is 0 Å². The quantitative estimate of drug-likeness (QED) is 0.670. The van der Waals surface area contributed by atoms with Crippen LogP contribution in [0.15, 0.2) is 12.4 Å². The maximum absolute atomic E-state index is 10.6. The van der Waals surface area contributed by atoms with Crippen LogP contribution in [0, 0.1) is 0 Å². The molecule has 0 radical (unpaired) electrons. The van der Waals surface area contributed by atoms with Crippen LogP contribution >= 0.6 is 0 Å². The maximum atomic E-state index is 10.6. The zero-order chi connectivity index (χ0) is 9.52. The average molecular weight is 184 g/mol. The maximum Gasteiger partial charge on any atom is 0.406 e. The first-order chi connectivity index (χ1) is 6.33. The van der Waals surface area contributed by atoms with E-state index in [2.05, 4.69) is 20.4 Å². The van der Waals surface area contributed by atoms with Gasteiger partial charge >= 0.3 is 6.09 Å². The Morgan fingerprint density at radius 3 is 3.15 bits per heavy atom. The summed E-state index contributed by atoms with van der Waals surface area (Å²) in [6.45, 7) is 1.32. The molecule has 1 amide bonds. The normalized spacial score (nSPS) is 9.62. The van der Waals surface area contributed by atoms with Crippen molar-refractivity contribution in [2.24, 2.45) is 0 Å². The van der Waals surface area contributed by atoms with Gasteiger partial charge in [0.25, 0.3) is 0 Å². The predicted molar refractivity (Wildman–Crippen MR) is 45.0 cm³/mol. The summed E-state index contributed by atoms with van der Waals surface area (Å²) >= 11 is 0. The van der Waals surface area contributed by atoms with Crippen LogP contribution in [0.5, 0.6) is 0 Å². The molecular weight excluding hydrogens is 172 g/mol. The molecule has 0 atom stereocenters. The number of nitrogens with zero attached hydrogens (tertiary/aromatic N) is 3. The Labute approximate surface area is 75.9 Å². The van der Waals surface area contributed by atoms with Crippen LogP contribution in [0.4, 0.5) is 4.79 Å². The lowest BCUT2D eigenvalue weighted by atomic mass is 10.4. The lowest BCUT2D eigenvalue weighted by molar-refractivity contribution is 0.170. The minimum absolute atomic E-state index is 0.404. The molecular formula is C7H12N4O2. The number of ether oxygens (including phenoxy) is 1. The Bertz CT molecular complexity index is 247. The molecule has 0 aliphatic carbocycles. The highest BCUT2D eigenvalue weighted by molar-refractivity contribution is 5.66. The number of carbonyl (C=O) groups is 1. The van der Waals surface area contributed by atoms with Gasteiger partial charge in [0.05, 0.1) is 13.3 Å². The second kappa shape index (κ2) is 5.13. The zero-order valence-corrected chi connectivity index (χ0v) is 7.43. The number of carbonyl (C=O) groups excluding carboxylic acids is 1. The van der Waals surface area contributed by atoms with Crippen molar-refractivity contribution in [3.8, 4) is 0 Å². The molecule has 1 N–H and O–H groups in total. The zero-order valence-electron chi connectivity index (χ0n) is 7.43. The van der Waals surface area contributed by atoms with Gasteiger partial charge in [0.1, 0.15) is 0 Å². The molecule has 0 saturated heterocycles. The van der Waals surface area contributed by atoms with E-state index in [4.69, 9.17) is 0 Å². The van der Waals surface area contributed by atoms with Crippen LogP contribution in [0.3, 0.4) is 0 Å². The van der Waals surface area contributed by atoms with Crippen molar-refractivity contribution in [1.82, 2.24) is 20.3 Å². The van der Waals surface area contributed by atoms with Gasteiger partial charge in [-0.3, -0.25) is 4.68 Å². The second-order valence-corrected chi connectivity index (χ2v) is 2.44. The second-order valence-electron chi connectivity index (χ2n) is 2.44. The highest BCUT2D eigenvalue weighted by Gasteiger charge is 1.96. The Kier molecular flexibility index (Phi) is 3.74. The number of rotatable bonds is 4. The summed E-state index contributed by atoms with van der Waals surface area (Å²) in [5, 5.41) is 10.0. The molecule has 0 fully saturated rings. The first kappa shape index (κ1) is 9.50. The molecule has 0 aromatic carbocycles.